The van der Waals surface area contributed by atoms with Crippen LogP contribution in [0.25, 0.3) is 0 Å². The van der Waals surface area contributed by atoms with Gasteiger partial charge in [-0.25, -0.2) is 8.42 Å². The van der Waals surface area contributed by atoms with Gasteiger partial charge in [0.2, 0.25) is 15.9 Å². The van der Waals surface area contributed by atoms with Crippen molar-refractivity contribution in [3.8, 4) is 17.2 Å². The van der Waals surface area contributed by atoms with Crippen molar-refractivity contribution in [1.29, 1.82) is 0 Å². The Balaban J connectivity index is 1.71. The van der Waals surface area contributed by atoms with Crippen molar-refractivity contribution in [3.05, 3.63) is 48.5 Å². The predicted molar refractivity (Wildman–Crippen MR) is 118 cm³/mol. The first-order valence-corrected chi connectivity index (χ1v) is 12.1. The third-order valence-electron chi connectivity index (χ3n) is 4.80. The van der Waals surface area contributed by atoms with Gasteiger partial charge in [-0.2, -0.15) is 0 Å². The van der Waals surface area contributed by atoms with E-state index in [2.05, 4.69) is 5.32 Å². The Morgan fingerprint density at radius 1 is 1.16 bits per heavy atom. The maximum atomic E-state index is 13.0. The molecule has 9 heteroatoms. The molecule has 1 aliphatic rings. The molecule has 0 saturated heterocycles. The van der Waals surface area contributed by atoms with Crippen LogP contribution in [0.2, 0.25) is 0 Å². The molecule has 1 amide bonds. The predicted octanol–water partition coefficient (Wildman–Crippen LogP) is 2.59. The van der Waals surface area contributed by atoms with E-state index in [0.717, 1.165) is 10.6 Å². The lowest BCUT2D eigenvalue weighted by atomic mass is 10.1. The number of fused-ring (bicyclic) bond motifs is 1. The zero-order chi connectivity index (χ0) is 22.4. The van der Waals surface area contributed by atoms with Crippen LogP contribution < -0.4 is 23.8 Å². The molecule has 0 radical (unpaired) electrons. The Hall–Kier alpha value is -2.94. The minimum Gasteiger partial charge on any atom is -0.494 e. The summed E-state index contributed by atoms with van der Waals surface area (Å²) in [6, 6.07) is 13.1. The van der Waals surface area contributed by atoms with Crippen LogP contribution >= 0.6 is 0 Å². The fourth-order valence-electron chi connectivity index (χ4n) is 3.41. The van der Waals surface area contributed by atoms with Crippen LogP contribution in [-0.4, -0.2) is 52.5 Å². The minimum atomic E-state index is -3.71. The fourth-order valence-corrected chi connectivity index (χ4v) is 4.62. The molecule has 168 valence electrons. The molecule has 8 nitrogen and oxygen atoms in total. The van der Waals surface area contributed by atoms with Gasteiger partial charge in [0.15, 0.2) is 11.5 Å². The lowest BCUT2D eigenvalue weighted by molar-refractivity contribution is -0.122. The molecule has 3 rings (SSSR count). The maximum absolute atomic E-state index is 13.0. The first-order chi connectivity index (χ1) is 14.8. The molecule has 0 spiro atoms. The van der Waals surface area contributed by atoms with Crippen molar-refractivity contribution in [2.45, 2.75) is 32.4 Å². The number of hydrogen-bond donors (Lipinski definition) is 1. The van der Waals surface area contributed by atoms with E-state index in [9.17, 15) is 13.2 Å². The Bertz CT molecular complexity index is 993. The summed E-state index contributed by atoms with van der Waals surface area (Å²) in [6.07, 6.45) is 1.03. The second-order valence-corrected chi connectivity index (χ2v) is 9.01. The van der Waals surface area contributed by atoms with Crippen molar-refractivity contribution in [2.75, 3.05) is 30.3 Å². The highest BCUT2D eigenvalue weighted by Crippen LogP contribution is 2.31. The van der Waals surface area contributed by atoms with Crippen LogP contribution in [0.5, 0.6) is 17.2 Å². The molecule has 0 aliphatic carbocycles. The number of nitrogens with zero attached hydrogens (tertiary/aromatic N) is 1. The van der Waals surface area contributed by atoms with Crippen LogP contribution in [0.3, 0.4) is 0 Å². The lowest BCUT2D eigenvalue weighted by Gasteiger charge is -2.31. The average molecular weight is 449 g/mol. The monoisotopic (exact) mass is 448 g/mol. The van der Waals surface area contributed by atoms with Crippen molar-refractivity contribution < 1.29 is 27.4 Å². The number of sulfonamides is 1. The van der Waals surface area contributed by atoms with E-state index < -0.39 is 22.0 Å². The van der Waals surface area contributed by atoms with E-state index >= 15 is 0 Å². The normalized spacial score (nSPS) is 16.3. The lowest BCUT2D eigenvalue weighted by Crippen LogP contribution is -2.51. The van der Waals surface area contributed by atoms with Crippen LogP contribution in [-0.2, 0) is 14.8 Å². The van der Waals surface area contributed by atoms with Crippen molar-refractivity contribution >= 4 is 21.6 Å². The number of carbonyl (C=O) groups is 1. The molecule has 2 atom stereocenters. The average Bonchev–Trinajstić information content (AvgIpc) is 2.75. The van der Waals surface area contributed by atoms with Gasteiger partial charge in [0, 0.05) is 0 Å². The third-order valence-corrected chi connectivity index (χ3v) is 5.98. The van der Waals surface area contributed by atoms with Gasteiger partial charge in [-0.05, 0) is 49.7 Å². The smallest absolute Gasteiger partial charge is 0.244 e. The van der Waals surface area contributed by atoms with E-state index in [1.807, 2.05) is 25.1 Å². The summed E-state index contributed by atoms with van der Waals surface area (Å²) in [7, 11) is -3.71. The summed E-state index contributed by atoms with van der Waals surface area (Å²) < 4.78 is 43.2. The number of amides is 1. The fraction of sp³-hybridized carbons (Fsp3) is 0.409. The Morgan fingerprint density at radius 2 is 1.84 bits per heavy atom. The quantitative estimate of drug-likeness (QED) is 0.634. The second kappa shape index (κ2) is 9.91. The Morgan fingerprint density at radius 3 is 2.45 bits per heavy atom. The first kappa shape index (κ1) is 22.7. The Labute approximate surface area is 183 Å². The zero-order valence-corrected chi connectivity index (χ0v) is 18.7. The van der Waals surface area contributed by atoms with E-state index in [1.165, 1.54) is 0 Å². The standard InChI is InChI=1S/C22H28N2O6S/c1-4-19(24(31(3,26)27)16-10-12-17(13-11-16)28-5-2)22(25)23-14-18-15-29-20-8-6-7-9-21(20)30-18/h6-13,18-19H,4-5,14-15H2,1-3H3,(H,23,25). The molecule has 2 aromatic carbocycles. The Kier molecular flexibility index (Phi) is 7.27. The van der Waals surface area contributed by atoms with E-state index in [1.54, 1.807) is 37.3 Å². The molecule has 31 heavy (non-hydrogen) atoms. The summed E-state index contributed by atoms with van der Waals surface area (Å²) in [4.78, 5) is 13.0. The molecule has 2 unspecified atom stereocenters. The van der Waals surface area contributed by atoms with E-state index in [-0.39, 0.29) is 12.6 Å². The van der Waals surface area contributed by atoms with Gasteiger partial charge in [0.1, 0.15) is 24.5 Å². The number of hydrogen-bond acceptors (Lipinski definition) is 6. The zero-order valence-electron chi connectivity index (χ0n) is 17.9. The molecular weight excluding hydrogens is 420 g/mol. The number of ether oxygens (including phenoxy) is 3. The number of rotatable bonds is 9. The summed E-state index contributed by atoms with van der Waals surface area (Å²) >= 11 is 0. The summed E-state index contributed by atoms with van der Waals surface area (Å²) in [6.45, 7) is 4.64. The molecule has 1 heterocycles. The molecule has 0 fully saturated rings. The maximum Gasteiger partial charge on any atom is 0.244 e. The van der Waals surface area contributed by atoms with E-state index in [4.69, 9.17) is 14.2 Å². The highest BCUT2D eigenvalue weighted by molar-refractivity contribution is 7.92. The summed E-state index contributed by atoms with van der Waals surface area (Å²) in [5.74, 6) is 1.51. The largest absolute Gasteiger partial charge is 0.494 e. The highest BCUT2D eigenvalue weighted by Gasteiger charge is 2.32. The molecule has 0 aromatic heterocycles. The molecule has 0 bridgehead atoms. The van der Waals surface area contributed by atoms with Crippen LogP contribution in [0.15, 0.2) is 48.5 Å². The minimum absolute atomic E-state index is 0.199. The van der Waals surface area contributed by atoms with Crippen molar-refractivity contribution in [1.82, 2.24) is 5.32 Å². The summed E-state index contributed by atoms with van der Waals surface area (Å²) in [5, 5.41) is 2.81. The SMILES string of the molecule is CCOc1ccc(N(C(CC)C(=O)NCC2COc3ccccc3O2)S(C)(=O)=O)cc1. The molecule has 1 aliphatic heterocycles. The van der Waals surface area contributed by atoms with Gasteiger partial charge in [-0.3, -0.25) is 9.10 Å². The summed E-state index contributed by atoms with van der Waals surface area (Å²) in [5.41, 5.74) is 0.402. The van der Waals surface area contributed by atoms with Gasteiger partial charge < -0.3 is 19.5 Å². The number of anilines is 1. The first-order valence-electron chi connectivity index (χ1n) is 10.2. The van der Waals surface area contributed by atoms with Crippen LogP contribution in [0, 0.1) is 0 Å². The van der Waals surface area contributed by atoms with Crippen molar-refractivity contribution in [3.63, 3.8) is 0 Å². The number of benzene rings is 2. The molecule has 2 aromatic rings. The second-order valence-electron chi connectivity index (χ2n) is 7.15. The number of para-hydroxylation sites is 2. The van der Waals surface area contributed by atoms with Crippen LogP contribution in [0.4, 0.5) is 5.69 Å². The highest BCUT2D eigenvalue weighted by atomic mass is 32.2. The van der Waals surface area contributed by atoms with Gasteiger partial charge in [0.25, 0.3) is 0 Å². The number of carbonyl (C=O) groups excluding carboxylic acids is 1. The topological polar surface area (TPSA) is 94.2 Å². The van der Waals surface area contributed by atoms with Crippen LogP contribution in [0.1, 0.15) is 20.3 Å². The molecule has 1 N–H and O–H groups in total. The van der Waals surface area contributed by atoms with Gasteiger partial charge in [-0.15, -0.1) is 0 Å². The van der Waals surface area contributed by atoms with Gasteiger partial charge >= 0.3 is 0 Å². The molecule has 0 saturated carbocycles. The van der Waals surface area contributed by atoms with Crippen molar-refractivity contribution in [2.24, 2.45) is 0 Å². The molecular formula is C22H28N2O6S. The number of nitrogens with one attached hydrogen (secondary N) is 1. The van der Waals surface area contributed by atoms with Gasteiger partial charge in [0.05, 0.1) is 25.1 Å². The van der Waals surface area contributed by atoms with Gasteiger partial charge in [-0.1, -0.05) is 19.1 Å². The third kappa shape index (κ3) is 5.61. The van der Waals surface area contributed by atoms with E-state index in [0.29, 0.717) is 42.6 Å².